The van der Waals surface area contributed by atoms with Crippen molar-refractivity contribution >= 4 is 17.9 Å². The van der Waals surface area contributed by atoms with E-state index in [1.165, 1.54) is 44.6 Å². The highest BCUT2D eigenvalue weighted by Crippen LogP contribution is 2.21. The van der Waals surface area contributed by atoms with Crippen molar-refractivity contribution < 1.29 is 28.6 Å². The summed E-state index contributed by atoms with van der Waals surface area (Å²) in [5, 5.41) is 0. The second-order valence-corrected chi connectivity index (χ2v) is 10.1. The van der Waals surface area contributed by atoms with E-state index in [4.69, 9.17) is 14.2 Å². The Morgan fingerprint density at radius 2 is 1.29 bits per heavy atom. The van der Waals surface area contributed by atoms with Crippen LogP contribution in [-0.2, 0) is 28.6 Å². The number of hydrogen-bond acceptors (Lipinski definition) is 6. The second-order valence-electron chi connectivity index (χ2n) is 10.1. The first-order chi connectivity index (χ1) is 16.8. The molecule has 0 heterocycles. The normalized spacial score (nSPS) is 12.1. The molecule has 1 unspecified atom stereocenters. The minimum Gasteiger partial charge on any atom is -0.462 e. The first-order valence-electron chi connectivity index (χ1n) is 13.9. The fourth-order valence-corrected chi connectivity index (χ4v) is 3.68. The average Bonchev–Trinajstić information content (AvgIpc) is 2.84. The van der Waals surface area contributed by atoms with E-state index in [0.29, 0.717) is 12.8 Å². The third kappa shape index (κ3) is 19.1. The van der Waals surface area contributed by atoms with Gasteiger partial charge in [-0.3, -0.25) is 9.59 Å². The van der Waals surface area contributed by atoms with E-state index in [2.05, 4.69) is 13.5 Å². The largest absolute Gasteiger partial charge is 0.462 e. The molecule has 0 N–H and O–H groups in total. The molecule has 0 aliphatic carbocycles. The number of carbonyl (C=O) groups is 3. The zero-order valence-electron chi connectivity index (χ0n) is 23.0. The molecular weight excluding hydrogens is 444 g/mol. The van der Waals surface area contributed by atoms with Crippen molar-refractivity contribution in [2.45, 2.75) is 137 Å². The highest BCUT2D eigenvalue weighted by molar-refractivity contribution is 5.81. The summed E-state index contributed by atoms with van der Waals surface area (Å²) in [6.45, 7) is 11.6. The molecule has 0 amide bonds. The maximum atomic E-state index is 11.8. The van der Waals surface area contributed by atoms with Crippen LogP contribution in [0.15, 0.2) is 12.7 Å². The average molecular weight is 497 g/mol. The van der Waals surface area contributed by atoms with E-state index >= 15 is 0 Å². The summed E-state index contributed by atoms with van der Waals surface area (Å²) < 4.78 is 15.8. The van der Waals surface area contributed by atoms with E-state index in [-0.39, 0.29) is 37.2 Å². The lowest BCUT2D eigenvalue weighted by molar-refractivity contribution is -0.159. The highest BCUT2D eigenvalue weighted by atomic mass is 16.6. The molecule has 204 valence electrons. The molecule has 6 heteroatoms. The van der Waals surface area contributed by atoms with Crippen molar-refractivity contribution in [1.82, 2.24) is 0 Å². The summed E-state index contributed by atoms with van der Waals surface area (Å²) in [7, 11) is 0. The van der Waals surface area contributed by atoms with Crippen molar-refractivity contribution in [3.63, 3.8) is 0 Å². The van der Waals surface area contributed by atoms with Crippen LogP contribution in [-0.4, -0.2) is 37.2 Å². The predicted molar refractivity (Wildman–Crippen MR) is 141 cm³/mol. The van der Waals surface area contributed by atoms with Crippen LogP contribution in [0.25, 0.3) is 0 Å². The van der Waals surface area contributed by atoms with E-state index in [9.17, 15) is 14.4 Å². The van der Waals surface area contributed by atoms with E-state index in [0.717, 1.165) is 51.4 Å². The van der Waals surface area contributed by atoms with Gasteiger partial charge in [0, 0.05) is 12.5 Å². The molecule has 0 rings (SSSR count). The Hall–Kier alpha value is -1.85. The zero-order valence-corrected chi connectivity index (χ0v) is 23.0. The monoisotopic (exact) mass is 496 g/mol. The number of hydrogen-bond donors (Lipinski definition) is 0. The van der Waals surface area contributed by atoms with Gasteiger partial charge in [0.2, 0.25) is 0 Å². The van der Waals surface area contributed by atoms with Gasteiger partial charge in [-0.05, 0) is 52.4 Å². The highest BCUT2D eigenvalue weighted by Gasteiger charge is 2.26. The standard InChI is InChI=1S/C29H52O6/c1-6-9-10-17-20-25(35-26(30)7-2)21-18-15-13-11-12-14-16-19-22-27(31)33-23-24-34-28(32)29(4,5)8-3/h7,25H,2,6,8-24H2,1,3-5H3. The van der Waals surface area contributed by atoms with Crippen molar-refractivity contribution in [3.8, 4) is 0 Å². The summed E-state index contributed by atoms with van der Waals surface area (Å²) in [6.07, 6.45) is 17.8. The molecule has 0 saturated carbocycles. The Labute approximate surface area is 214 Å². The van der Waals surface area contributed by atoms with Crippen molar-refractivity contribution in [1.29, 1.82) is 0 Å². The predicted octanol–water partition coefficient (Wildman–Crippen LogP) is 7.48. The molecule has 0 bridgehead atoms. The minimum absolute atomic E-state index is 0.0207. The molecule has 0 radical (unpaired) electrons. The maximum Gasteiger partial charge on any atom is 0.330 e. The van der Waals surface area contributed by atoms with Gasteiger partial charge in [0.05, 0.1) is 5.41 Å². The number of esters is 3. The van der Waals surface area contributed by atoms with Crippen LogP contribution in [0.5, 0.6) is 0 Å². The van der Waals surface area contributed by atoms with Crippen molar-refractivity contribution in [3.05, 3.63) is 12.7 Å². The Morgan fingerprint density at radius 3 is 1.83 bits per heavy atom. The summed E-state index contributed by atoms with van der Waals surface area (Å²) in [5.74, 6) is -0.791. The molecule has 0 saturated heterocycles. The van der Waals surface area contributed by atoms with Gasteiger partial charge in [-0.1, -0.05) is 78.2 Å². The molecule has 1 atom stereocenters. The Bertz CT molecular complexity index is 584. The number of rotatable bonds is 23. The maximum absolute atomic E-state index is 11.8. The van der Waals surface area contributed by atoms with Gasteiger partial charge in [-0.15, -0.1) is 0 Å². The number of unbranched alkanes of at least 4 members (excludes halogenated alkanes) is 10. The SMILES string of the molecule is C=CC(=O)OC(CCCCCC)CCCCCCCCCCC(=O)OCCOC(=O)C(C)(C)CC. The summed E-state index contributed by atoms with van der Waals surface area (Å²) in [5.41, 5.74) is -0.499. The summed E-state index contributed by atoms with van der Waals surface area (Å²) >= 11 is 0. The van der Waals surface area contributed by atoms with Crippen molar-refractivity contribution in [2.24, 2.45) is 5.41 Å². The first kappa shape index (κ1) is 33.1. The molecule has 35 heavy (non-hydrogen) atoms. The number of carbonyl (C=O) groups excluding carboxylic acids is 3. The van der Waals surface area contributed by atoms with Crippen LogP contribution >= 0.6 is 0 Å². The summed E-state index contributed by atoms with van der Waals surface area (Å²) in [4.78, 5) is 35.2. The van der Waals surface area contributed by atoms with Gasteiger partial charge >= 0.3 is 17.9 Å². The van der Waals surface area contributed by atoms with Gasteiger partial charge in [0.1, 0.15) is 19.3 Å². The van der Waals surface area contributed by atoms with Gasteiger partial charge in [-0.25, -0.2) is 4.79 Å². The lowest BCUT2D eigenvalue weighted by Crippen LogP contribution is -2.27. The first-order valence-corrected chi connectivity index (χ1v) is 13.9. The molecular formula is C29H52O6. The third-order valence-corrected chi connectivity index (χ3v) is 6.50. The topological polar surface area (TPSA) is 78.9 Å². The Kier molecular flexibility index (Phi) is 20.3. The van der Waals surface area contributed by atoms with E-state index in [1.807, 2.05) is 20.8 Å². The van der Waals surface area contributed by atoms with Gasteiger partial charge in [0.15, 0.2) is 0 Å². The van der Waals surface area contributed by atoms with E-state index < -0.39 is 5.41 Å². The molecule has 0 aromatic rings. The van der Waals surface area contributed by atoms with Crippen LogP contribution in [0.4, 0.5) is 0 Å². The number of ether oxygens (including phenoxy) is 3. The van der Waals surface area contributed by atoms with Crippen LogP contribution in [0.3, 0.4) is 0 Å². The van der Waals surface area contributed by atoms with E-state index in [1.54, 1.807) is 0 Å². The lowest BCUT2D eigenvalue weighted by atomic mass is 9.91. The van der Waals surface area contributed by atoms with Crippen LogP contribution in [0.2, 0.25) is 0 Å². The Balaban J connectivity index is 3.68. The molecule has 0 aromatic carbocycles. The smallest absolute Gasteiger partial charge is 0.330 e. The van der Waals surface area contributed by atoms with Gasteiger partial charge < -0.3 is 14.2 Å². The molecule has 0 spiro atoms. The molecule has 0 fully saturated rings. The Morgan fingerprint density at radius 1 is 0.771 bits per heavy atom. The quantitative estimate of drug-likeness (QED) is 0.0631. The third-order valence-electron chi connectivity index (χ3n) is 6.50. The zero-order chi connectivity index (χ0) is 26.4. The van der Waals surface area contributed by atoms with Gasteiger partial charge in [-0.2, -0.15) is 0 Å². The minimum atomic E-state index is -0.499. The van der Waals surface area contributed by atoms with Gasteiger partial charge in [0.25, 0.3) is 0 Å². The lowest BCUT2D eigenvalue weighted by Gasteiger charge is -2.20. The van der Waals surface area contributed by atoms with Crippen molar-refractivity contribution in [2.75, 3.05) is 13.2 Å². The molecule has 6 nitrogen and oxygen atoms in total. The molecule has 0 aliphatic rings. The van der Waals surface area contributed by atoms with Crippen LogP contribution < -0.4 is 0 Å². The van der Waals surface area contributed by atoms with Crippen LogP contribution in [0, 0.1) is 5.41 Å². The second kappa shape index (κ2) is 21.4. The molecule has 0 aliphatic heterocycles. The fourth-order valence-electron chi connectivity index (χ4n) is 3.68. The summed E-state index contributed by atoms with van der Waals surface area (Å²) in [6, 6.07) is 0. The fraction of sp³-hybridized carbons (Fsp3) is 0.828. The molecule has 0 aromatic heterocycles. The van der Waals surface area contributed by atoms with Crippen LogP contribution in [0.1, 0.15) is 130 Å².